The van der Waals surface area contributed by atoms with Crippen molar-refractivity contribution >= 4 is 18.3 Å². The van der Waals surface area contributed by atoms with Gasteiger partial charge >= 0.3 is 6.18 Å². The Morgan fingerprint density at radius 1 is 1.44 bits per heavy atom. The fraction of sp³-hybridized carbons (Fsp3) is 0.889. The molecule has 2 N–H and O–H groups in total. The summed E-state index contributed by atoms with van der Waals surface area (Å²) in [6, 6.07) is 0. The van der Waals surface area contributed by atoms with Crippen molar-refractivity contribution < 1.29 is 18.0 Å². The number of nitrogens with one attached hydrogen (secondary N) is 2. The van der Waals surface area contributed by atoms with Gasteiger partial charge in [0.15, 0.2) is 0 Å². The molecule has 1 fully saturated rings. The molecule has 1 saturated heterocycles. The first-order valence-electron chi connectivity index (χ1n) is 5.01. The number of hydrogen-bond acceptors (Lipinski definition) is 2. The van der Waals surface area contributed by atoms with Crippen molar-refractivity contribution in [2.75, 3.05) is 19.6 Å². The van der Waals surface area contributed by atoms with E-state index in [9.17, 15) is 18.0 Å². The molecule has 0 aliphatic carbocycles. The number of amides is 1. The van der Waals surface area contributed by atoms with Crippen LogP contribution in [0.3, 0.4) is 0 Å². The third-order valence-corrected chi connectivity index (χ3v) is 2.43. The molecule has 16 heavy (non-hydrogen) atoms. The standard InChI is InChI=1S/C9H15F3N2O.ClH/c10-9(11,12)6-14-8(15)2-1-7-3-4-13-5-7;/h7,13H,1-6H2,(H,14,15);1H. The first-order valence-corrected chi connectivity index (χ1v) is 5.01. The number of hydrogen-bond donors (Lipinski definition) is 2. The van der Waals surface area contributed by atoms with Gasteiger partial charge in [-0.25, -0.2) is 0 Å². The predicted molar refractivity (Wildman–Crippen MR) is 56.5 cm³/mol. The Bertz CT molecular complexity index is 217. The van der Waals surface area contributed by atoms with Crippen molar-refractivity contribution in [3.63, 3.8) is 0 Å². The third kappa shape index (κ3) is 6.90. The lowest BCUT2D eigenvalue weighted by Crippen LogP contribution is -2.33. The van der Waals surface area contributed by atoms with Gasteiger partial charge in [0.1, 0.15) is 6.54 Å². The van der Waals surface area contributed by atoms with Crippen LogP contribution in [0.25, 0.3) is 0 Å². The van der Waals surface area contributed by atoms with Crippen LogP contribution in [0.1, 0.15) is 19.3 Å². The summed E-state index contributed by atoms with van der Waals surface area (Å²) in [5, 5.41) is 5.00. The minimum atomic E-state index is -4.31. The zero-order chi connectivity index (χ0) is 11.3. The Hall–Kier alpha value is -0.490. The average Bonchev–Trinajstić information content (AvgIpc) is 2.62. The summed E-state index contributed by atoms with van der Waals surface area (Å²) in [6.45, 7) is 0.580. The molecule has 1 aliphatic heterocycles. The van der Waals surface area contributed by atoms with Gasteiger partial charge in [-0.3, -0.25) is 4.79 Å². The maximum Gasteiger partial charge on any atom is 0.405 e. The number of alkyl halides is 3. The molecule has 0 saturated carbocycles. The van der Waals surface area contributed by atoms with Crippen LogP contribution in [-0.4, -0.2) is 31.7 Å². The summed E-state index contributed by atoms with van der Waals surface area (Å²) in [7, 11) is 0. The van der Waals surface area contributed by atoms with E-state index in [-0.39, 0.29) is 18.8 Å². The van der Waals surface area contributed by atoms with Crippen LogP contribution >= 0.6 is 12.4 Å². The summed E-state index contributed by atoms with van der Waals surface area (Å²) in [5.41, 5.74) is 0. The molecule has 1 unspecified atom stereocenters. The van der Waals surface area contributed by atoms with E-state index in [1.165, 1.54) is 0 Å². The van der Waals surface area contributed by atoms with Crippen LogP contribution in [0, 0.1) is 5.92 Å². The van der Waals surface area contributed by atoms with Crippen LogP contribution in [-0.2, 0) is 4.79 Å². The van der Waals surface area contributed by atoms with Crippen LogP contribution in [0.15, 0.2) is 0 Å². The van der Waals surface area contributed by atoms with Crippen molar-refractivity contribution in [1.29, 1.82) is 0 Å². The molecule has 3 nitrogen and oxygen atoms in total. The maximum absolute atomic E-state index is 11.7. The summed E-state index contributed by atoms with van der Waals surface area (Å²) in [5.74, 6) is -0.0825. The number of carbonyl (C=O) groups is 1. The molecule has 1 atom stereocenters. The summed E-state index contributed by atoms with van der Waals surface area (Å²) < 4.78 is 35.2. The van der Waals surface area contributed by atoms with Crippen LogP contribution < -0.4 is 10.6 Å². The lowest BCUT2D eigenvalue weighted by atomic mass is 10.0. The molecule has 1 heterocycles. The number of halogens is 4. The molecule has 1 amide bonds. The predicted octanol–water partition coefficient (Wildman–Crippen LogP) is 1.48. The van der Waals surface area contributed by atoms with E-state index in [1.54, 1.807) is 0 Å². The molecule has 0 spiro atoms. The minimum absolute atomic E-state index is 0. The normalized spacial score (nSPS) is 20.3. The van der Waals surface area contributed by atoms with Gasteiger partial charge in [-0.1, -0.05) is 0 Å². The Kier molecular flexibility index (Phi) is 6.74. The fourth-order valence-electron chi connectivity index (χ4n) is 1.58. The number of rotatable bonds is 4. The summed E-state index contributed by atoms with van der Waals surface area (Å²) in [6.07, 6.45) is -2.46. The van der Waals surface area contributed by atoms with E-state index in [0.29, 0.717) is 12.3 Å². The first kappa shape index (κ1) is 15.5. The highest BCUT2D eigenvalue weighted by molar-refractivity contribution is 5.85. The SMILES string of the molecule is Cl.O=C(CCC1CCNC1)NCC(F)(F)F. The van der Waals surface area contributed by atoms with Gasteiger partial charge in [-0.15, -0.1) is 12.4 Å². The lowest BCUT2D eigenvalue weighted by Gasteiger charge is -2.10. The van der Waals surface area contributed by atoms with Crippen LogP contribution in [0.5, 0.6) is 0 Å². The molecule has 0 aromatic rings. The third-order valence-electron chi connectivity index (χ3n) is 2.43. The summed E-state index contributed by atoms with van der Waals surface area (Å²) in [4.78, 5) is 11.0. The van der Waals surface area contributed by atoms with Gasteiger partial charge in [-0.2, -0.15) is 13.2 Å². The second-order valence-corrected chi connectivity index (χ2v) is 3.79. The lowest BCUT2D eigenvalue weighted by molar-refractivity contribution is -0.138. The van der Waals surface area contributed by atoms with Crippen molar-refractivity contribution in [1.82, 2.24) is 10.6 Å². The van der Waals surface area contributed by atoms with Gasteiger partial charge in [-0.05, 0) is 31.8 Å². The molecular weight excluding hydrogens is 245 g/mol. The van der Waals surface area contributed by atoms with E-state index < -0.39 is 18.6 Å². The van der Waals surface area contributed by atoms with Crippen molar-refractivity contribution in [2.45, 2.75) is 25.4 Å². The Labute approximate surface area is 98.6 Å². The highest BCUT2D eigenvalue weighted by Crippen LogP contribution is 2.15. The van der Waals surface area contributed by atoms with E-state index >= 15 is 0 Å². The monoisotopic (exact) mass is 260 g/mol. The summed E-state index contributed by atoms with van der Waals surface area (Å²) >= 11 is 0. The maximum atomic E-state index is 11.7. The highest BCUT2D eigenvalue weighted by Gasteiger charge is 2.27. The molecule has 7 heteroatoms. The van der Waals surface area contributed by atoms with E-state index in [0.717, 1.165) is 19.5 Å². The van der Waals surface area contributed by atoms with Gasteiger partial charge in [0.05, 0.1) is 0 Å². The molecule has 0 bridgehead atoms. The molecule has 0 aromatic carbocycles. The number of carbonyl (C=O) groups excluding carboxylic acids is 1. The quantitative estimate of drug-likeness (QED) is 0.804. The van der Waals surface area contributed by atoms with Crippen LogP contribution in [0.4, 0.5) is 13.2 Å². The highest BCUT2D eigenvalue weighted by atomic mass is 35.5. The topological polar surface area (TPSA) is 41.1 Å². The fourth-order valence-corrected chi connectivity index (χ4v) is 1.58. The van der Waals surface area contributed by atoms with Gasteiger partial charge in [0.2, 0.25) is 5.91 Å². The van der Waals surface area contributed by atoms with E-state index in [1.807, 2.05) is 5.32 Å². The van der Waals surface area contributed by atoms with E-state index in [2.05, 4.69) is 5.32 Å². The van der Waals surface area contributed by atoms with Crippen molar-refractivity contribution in [3.05, 3.63) is 0 Å². The van der Waals surface area contributed by atoms with Crippen LogP contribution in [0.2, 0.25) is 0 Å². The second kappa shape index (κ2) is 6.96. The Morgan fingerprint density at radius 2 is 2.12 bits per heavy atom. The van der Waals surface area contributed by atoms with Gasteiger partial charge in [0.25, 0.3) is 0 Å². The zero-order valence-corrected chi connectivity index (χ0v) is 9.59. The van der Waals surface area contributed by atoms with Gasteiger partial charge in [0, 0.05) is 6.42 Å². The molecule has 96 valence electrons. The van der Waals surface area contributed by atoms with E-state index in [4.69, 9.17) is 0 Å². The average molecular weight is 261 g/mol. The second-order valence-electron chi connectivity index (χ2n) is 3.79. The molecule has 0 radical (unpaired) electrons. The zero-order valence-electron chi connectivity index (χ0n) is 8.77. The Morgan fingerprint density at radius 3 is 2.62 bits per heavy atom. The first-order chi connectivity index (χ1) is 6.97. The smallest absolute Gasteiger partial charge is 0.347 e. The molecule has 1 aliphatic rings. The largest absolute Gasteiger partial charge is 0.405 e. The van der Waals surface area contributed by atoms with Gasteiger partial charge < -0.3 is 10.6 Å². The molecular formula is C9H16ClF3N2O. The molecule has 0 aromatic heterocycles. The van der Waals surface area contributed by atoms with Crippen molar-refractivity contribution in [3.8, 4) is 0 Å². The molecule has 1 rings (SSSR count). The Balaban J connectivity index is 0.00000225. The minimum Gasteiger partial charge on any atom is -0.347 e. The van der Waals surface area contributed by atoms with Crippen molar-refractivity contribution in [2.24, 2.45) is 5.92 Å².